The van der Waals surface area contributed by atoms with Crippen LogP contribution >= 0.6 is 0 Å². The fourth-order valence-electron chi connectivity index (χ4n) is 9.57. The smallest absolute Gasteiger partial charge is 0.227 e. The molecule has 7 atom stereocenters. The van der Waals surface area contributed by atoms with E-state index in [4.69, 9.17) is 0 Å². The number of amides is 1. The van der Waals surface area contributed by atoms with Gasteiger partial charge in [-0.05, 0) is 107 Å². The molecule has 1 amide bonds. The van der Waals surface area contributed by atoms with Crippen molar-refractivity contribution in [2.45, 2.75) is 83.0 Å². The van der Waals surface area contributed by atoms with Gasteiger partial charge in [0.1, 0.15) is 11.9 Å². The Labute approximate surface area is 284 Å². The number of nitrogens with zero attached hydrogens (tertiary/aromatic N) is 1. The molecular formula is C43H48FNO3. The highest BCUT2D eigenvalue weighted by molar-refractivity contribution is 5.79. The van der Waals surface area contributed by atoms with Crippen LogP contribution in [-0.4, -0.2) is 39.8 Å². The van der Waals surface area contributed by atoms with E-state index in [0.29, 0.717) is 31.8 Å². The highest BCUT2D eigenvalue weighted by Crippen LogP contribution is 2.63. The molecular weight excluding hydrogens is 597 g/mol. The minimum atomic E-state index is -1.00. The first-order chi connectivity index (χ1) is 23.3. The van der Waals surface area contributed by atoms with Crippen LogP contribution in [0.2, 0.25) is 0 Å². The second-order valence-electron chi connectivity index (χ2n) is 14.9. The third-order valence-electron chi connectivity index (χ3n) is 12.0. The van der Waals surface area contributed by atoms with Gasteiger partial charge < -0.3 is 15.1 Å². The lowest BCUT2D eigenvalue weighted by molar-refractivity contribution is -0.131. The number of alkyl halides is 1. The summed E-state index contributed by atoms with van der Waals surface area (Å²) in [5.41, 5.74) is 6.17. The van der Waals surface area contributed by atoms with Crippen LogP contribution < -0.4 is 0 Å². The van der Waals surface area contributed by atoms with Gasteiger partial charge in [-0.25, -0.2) is 4.39 Å². The van der Waals surface area contributed by atoms with Gasteiger partial charge in [-0.1, -0.05) is 104 Å². The Hall–Kier alpha value is -3.96. The Morgan fingerprint density at radius 1 is 0.875 bits per heavy atom. The predicted octanol–water partition coefficient (Wildman–Crippen LogP) is 8.89. The van der Waals surface area contributed by atoms with Gasteiger partial charge in [-0.2, -0.15) is 0 Å². The van der Waals surface area contributed by atoms with E-state index in [2.05, 4.69) is 55.5 Å². The van der Waals surface area contributed by atoms with Gasteiger partial charge >= 0.3 is 0 Å². The Morgan fingerprint density at radius 2 is 1.58 bits per heavy atom. The molecule has 48 heavy (non-hydrogen) atoms. The monoisotopic (exact) mass is 645 g/mol. The summed E-state index contributed by atoms with van der Waals surface area (Å²) in [7, 11) is 0. The number of fused-ring (bicyclic) bond motifs is 5. The molecule has 3 aliphatic carbocycles. The van der Waals surface area contributed by atoms with Crippen molar-refractivity contribution in [1.29, 1.82) is 0 Å². The van der Waals surface area contributed by atoms with Crippen LogP contribution in [0, 0.1) is 23.2 Å². The molecule has 0 heterocycles. The lowest BCUT2D eigenvalue weighted by Crippen LogP contribution is -2.51. The van der Waals surface area contributed by atoms with E-state index >= 15 is 4.39 Å². The highest BCUT2D eigenvalue weighted by Gasteiger charge is 2.59. The minimum Gasteiger partial charge on any atom is -0.508 e. The third-order valence-corrected chi connectivity index (χ3v) is 12.0. The number of aromatic hydroxyl groups is 1. The summed E-state index contributed by atoms with van der Waals surface area (Å²) in [4.78, 5) is 15.8. The van der Waals surface area contributed by atoms with Crippen molar-refractivity contribution in [1.82, 2.24) is 4.90 Å². The molecule has 0 aliphatic heterocycles. The maximum Gasteiger partial charge on any atom is 0.227 e. The van der Waals surface area contributed by atoms with Crippen LogP contribution in [0.15, 0.2) is 103 Å². The summed E-state index contributed by atoms with van der Waals surface area (Å²) in [6.45, 7) is 3.35. The Kier molecular flexibility index (Phi) is 9.42. The van der Waals surface area contributed by atoms with E-state index in [0.717, 1.165) is 71.9 Å². The van der Waals surface area contributed by atoms with E-state index < -0.39 is 12.3 Å². The van der Waals surface area contributed by atoms with Crippen LogP contribution in [0.5, 0.6) is 5.75 Å². The molecule has 0 saturated heterocycles. The Morgan fingerprint density at radius 3 is 2.33 bits per heavy atom. The standard InChI is InChI=1S/C43H48FNO3/c1-43-27-38(44)42-36-20-19-35(46)26-34(36)25-33(41(42)37(43)21-22-39(43)47)14-8-9-23-45(28-30-10-4-2-5-11-30)40(48)24-29-15-17-32(18-16-29)31-12-6-3-7-13-31/h2-7,10-13,15-20,26,33,37-39,41-42,46-47H,8-9,14,21-25,27-28H2,1H3/t33-,37?,38+,39+,41?,42?,43+/m1/s1. The average Bonchev–Trinajstić information content (AvgIpc) is 3.39. The zero-order valence-electron chi connectivity index (χ0n) is 28.0. The minimum absolute atomic E-state index is 0.122. The predicted molar refractivity (Wildman–Crippen MR) is 189 cm³/mol. The lowest BCUT2D eigenvalue weighted by atomic mass is 9.51. The van der Waals surface area contributed by atoms with Crippen molar-refractivity contribution >= 4 is 5.91 Å². The number of rotatable bonds is 10. The highest BCUT2D eigenvalue weighted by atomic mass is 19.1. The topological polar surface area (TPSA) is 60.8 Å². The van der Waals surface area contributed by atoms with Gasteiger partial charge in [0, 0.05) is 19.0 Å². The average molecular weight is 646 g/mol. The van der Waals surface area contributed by atoms with Crippen LogP contribution in [0.1, 0.15) is 73.6 Å². The quantitative estimate of drug-likeness (QED) is 0.169. The number of halogens is 1. The fourth-order valence-corrected chi connectivity index (χ4v) is 9.57. The summed E-state index contributed by atoms with van der Waals surface area (Å²) in [6.07, 6.45) is 4.58. The molecule has 0 aromatic heterocycles. The van der Waals surface area contributed by atoms with E-state index in [1.165, 1.54) is 0 Å². The molecule has 2 N–H and O–H groups in total. The Balaban J connectivity index is 1.05. The fraction of sp³-hybridized carbons (Fsp3) is 0.419. The zero-order valence-corrected chi connectivity index (χ0v) is 28.0. The van der Waals surface area contributed by atoms with Gasteiger partial charge in [0.25, 0.3) is 0 Å². The summed E-state index contributed by atoms with van der Waals surface area (Å²) >= 11 is 0. The van der Waals surface area contributed by atoms with Crippen LogP contribution in [-0.2, 0) is 24.2 Å². The van der Waals surface area contributed by atoms with E-state index in [9.17, 15) is 15.0 Å². The SMILES string of the molecule is C[C@]12C[C@H](F)C3c4ccc(O)cc4C[C@@H](CCCCN(Cc4ccccc4)C(=O)Cc4ccc(-c5ccccc5)cc4)C3C1CC[C@@H]2O. The molecule has 0 bridgehead atoms. The third kappa shape index (κ3) is 6.54. The molecule has 0 radical (unpaired) electrons. The van der Waals surface area contributed by atoms with Crippen LogP contribution in [0.3, 0.4) is 0 Å². The van der Waals surface area contributed by atoms with Crippen molar-refractivity contribution in [2.75, 3.05) is 6.54 Å². The molecule has 4 nitrogen and oxygen atoms in total. The molecule has 3 aliphatic rings. The molecule has 0 spiro atoms. The molecule has 2 saturated carbocycles. The van der Waals surface area contributed by atoms with E-state index in [-0.39, 0.29) is 34.8 Å². The molecule has 5 heteroatoms. The number of hydrogen-bond acceptors (Lipinski definition) is 3. The molecule has 4 aromatic rings. The summed E-state index contributed by atoms with van der Waals surface area (Å²) < 4.78 is 16.2. The van der Waals surface area contributed by atoms with Gasteiger partial charge in [0.15, 0.2) is 0 Å². The van der Waals surface area contributed by atoms with E-state index in [1.54, 1.807) is 6.07 Å². The second kappa shape index (κ2) is 13.9. The molecule has 2 fully saturated rings. The van der Waals surface area contributed by atoms with Gasteiger partial charge in [-0.15, -0.1) is 0 Å². The number of hydrogen-bond donors (Lipinski definition) is 2. The number of aliphatic hydroxyl groups excluding tert-OH is 1. The zero-order chi connectivity index (χ0) is 33.3. The number of phenolic OH excluding ortho intramolecular Hbond substituents is 1. The van der Waals surface area contributed by atoms with Crippen molar-refractivity contribution in [3.63, 3.8) is 0 Å². The van der Waals surface area contributed by atoms with Crippen molar-refractivity contribution in [3.05, 3.63) is 125 Å². The number of aliphatic hydroxyl groups is 1. The molecule has 4 aromatic carbocycles. The Bertz CT molecular complexity index is 1690. The molecule has 7 rings (SSSR count). The maximum atomic E-state index is 16.2. The number of benzene rings is 4. The van der Waals surface area contributed by atoms with Crippen molar-refractivity contribution < 1.29 is 19.4 Å². The number of phenols is 1. The van der Waals surface area contributed by atoms with Gasteiger partial charge in [0.2, 0.25) is 5.91 Å². The first kappa shape index (κ1) is 32.6. The van der Waals surface area contributed by atoms with Crippen LogP contribution in [0.25, 0.3) is 11.1 Å². The second-order valence-corrected chi connectivity index (χ2v) is 14.9. The first-order valence-corrected chi connectivity index (χ1v) is 17.9. The number of carbonyl (C=O) groups excluding carboxylic acids is 1. The number of unbranched alkanes of at least 4 members (excludes halogenated alkanes) is 1. The summed E-state index contributed by atoms with van der Waals surface area (Å²) in [5, 5.41) is 21.3. The molecule has 250 valence electrons. The first-order valence-electron chi connectivity index (χ1n) is 17.9. The summed E-state index contributed by atoms with van der Waals surface area (Å²) in [5.74, 6) is 0.917. The lowest BCUT2D eigenvalue weighted by Gasteiger charge is -2.54. The van der Waals surface area contributed by atoms with Crippen molar-refractivity contribution in [3.8, 4) is 16.9 Å². The van der Waals surface area contributed by atoms with E-state index in [1.807, 2.05) is 53.4 Å². The number of carbonyl (C=O) groups is 1. The van der Waals surface area contributed by atoms with Gasteiger partial charge in [0.05, 0.1) is 12.5 Å². The largest absolute Gasteiger partial charge is 0.508 e. The summed E-state index contributed by atoms with van der Waals surface area (Å²) in [6, 6.07) is 34.3. The molecule has 3 unspecified atom stereocenters. The van der Waals surface area contributed by atoms with Crippen LogP contribution in [0.4, 0.5) is 4.39 Å². The van der Waals surface area contributed by atoms with Crippen molar-refractivity contribution in [2.24, 2.45) is 23.2 Å². The maximum absolute atomic E-state index is 16.2. The normalized spacial score (nSPS) is 27.5. The van der Waals surface area contributed by atoms with Gasteiger partial charge in [-0.3, -0.25) is 4.79 Å².